The fourth-order valence-corrected chi connectivity index (χ4v) is 8.91. The quantitative estimate of drug-likeness (QED) is 0.0332. The topological polar surface area (TPSA) is 408 Å². The summed E-state index contributed by atoms with van der Waals surface area (Å²) in [5.41, 5.74) is 18.7. The number of primary amides is 1. The number of thiol groups is 1. The van der Waals surface area contributed by atoms with Crippen LogP contribution in [0.15, 0.2) is 18.3 Å². The molecule has 0 bridgehead atoms. The maximum atomic E-state index is 12.5. The van der Waals surface area contributed by atoms with E-state index in [1.807, 2.05) is 12.1 Å². The van der Waals surface area contributed by atoms with Gasteiger partial charge in [-0.1, -0.05) is 71.1 Å². The summed E-state index contributed by atoms with van der Waals surface area (Å²) in [5, 5.41) is 18.6. The number of nitrogens with one attached hydrogen (secondary N) is 7. The molecule has 13 N–H and O–H groups in total. The Kier molecular flexibility index (Phi) is 46.5. The first-order chi connectivity index (χ1) is 44.1. The van der Waals surface area contributed by atoms with Gasteiger partial charge in [-0.25, -0.2) is 4.98 Å². The van der Waals surface area contributed by atoms with Crippen LogP contribution in [-0.2, 0) is 73.2 Å². The molecule has 0 saturated heterocycles. The number of aromatic nitrogens is 2. The van der Waals surface area contributed by atoms with E-state index in [2.05, 4.69) is 66.7 Å². The number of nitrogens with zero attached hydrogens (tertiary/aromatic N) is 2. The van der Waals surface area contributed by atoms with Gasteiger partial charge in [0.05, 0.1) is 86.8 Å². The number of hydrogen-bond donors (Lipinski definition) is 11. The van der Waals surface area contributed by atoms with E-state index in [9.17, 15) is 38.4 Å². The molecule has 1 aromatic heterocycles. The van der Waals surface area contributed by atoms with Gasteiger partial charge in [-0.2, -0.15) is 17.6 Å². The monoisotopic (exact) mass is 1310 g/mol. The van der Waals surface area contributed by atoms with Gasteiger partial charge in [-0.05, 0) is 56.2 Å². The van der Waals surface area contributed by atoms with Gasteiger partial charge >= 0.3 is 0 Å². The summed E-state index contributed by atoms with van der Waals surface area (Å²) >= 11 is 4.17. The number of anilines is 2. The van der Waals surface area contributed by atoms with Crippen molar-refractivity contribution in [3.63, 3.8) is 0 Å². The Bertz CT molecular complexity index is 2370. The average Bonchev–Trinajstić information content (AvgIpc) is 1.13. The molecule has 29 nitrogen and oxygen atoms in total. The van der Waals surface area contributed by atoms with Gasteiger partial charge in [-0.15, -0.1) is 0 Å². The number of nitrogen functional groups attached to an aromatic ring is 2. The SMILES string of the molecule is CCCCCCCCCCCCCC(=O)NCC(=O)N[C@@H](CS)C(=O)NCCOCCOCC(=O)NCCOCCOCC(=O)NCCOCCOCC(=O)N[C@@H](CCCCNC(=O)CCCCOc1c(OC)cc(Cc2cnc(N)nc2N)cc1OC)C(N)=O. The Morgan fingerprint density at radius 2 is 1.00 bits per heavy atom. The Morgan fingerprint density at radius 1 is 0.516 bits per heavy atom. The van der Waals surface area contributed by atoms with E-state index in [1.165, 1.54) is 65.6 Å². The molecule has 2 aromatic rings. The maximum Gasteiger partial charge on any atom is 0.246 e. The van der Waals surface area contributed by atoms with Crippen LogP contribution in [0.2, 0.25) is 0 Å². The predicted octanol–water partition coefficient (Wildman–Crippen LogP) is 1.73. The third kappa shape index (κ3) is 41.3. The number of nitrogens with two attached hydrogens (primary N) is 3. The van der Waals surface area contributed by atoms with Crippen molar-refractivity contribution in [3.8, 4) is 17.2 Å². The lowest BCUT2D eigenvalue weighted by Crippen LogP contribution is -2.51. The smallest absolute Gasteiger partial charge is 0.246 e. The zero-order valence-electron chi connectivity index (χ0n) is 53.8. The number of hydrogen-bond acceptors (Lipinski definition) is 22. The van der Waals surface area contributed by atoms with E-state index in [-0.39, 0.29) is 159 Å². The second kappa shape index (κ2) is 52.8. The Morgan fingerprint density at radius 3 is 1.53 bits per heavy atom. The summed E-state index contributed by atoms with van der Waals surface area (Å²) in [6, 6.07) is 1.85. The number of unbranched alkanes of at least 4 members (excludes halogenated alkanes) is 12. The van der Waals surface area contributed by atoms with Crippen molar-refractivity contribution in [1.29, 1.82) is 0 Å². The first-order valence-electron chi connectivity index (χ1n) is 31.6. The minimum atomic E-state index is -0.906. The Balaban J connectivity index is 1.37. The van der Waals surface area contributed by atoms with E-state index < -0.39 is 35.7 Å². The number of carbonyl (C=O) groups is 8. The molecule has 2 rings (SSSR count). The normalized spacial score (nSPS) is 11.6. The number of rotatable bonds is 58. The third-order valence-electron chi connectivity index (χ3n) is 13.6. The van der Waals surface area contributed by atoms with Gasteiger partial charge in [0, 0.05) is 63.0 Å². The van der Waals surface area contributed by atoms with Gasteiger partial charge in [0.2, 0.25) is 59.0 Å². The van der Waals surface area contributed by atoms with Crippen molar-refractivity contribution in [3.05, 3.63) is 29.5 Å². The van der Waals surface area contributed by atoms with Crippen LogP contribution in [-0.4, -0.2) is 208 Å². The maximum absolute atomic E-state index is 12.5. The predicted molar refractivity (Wildman–Crippen MR) is 344 cm³/mol. The van der Waals surface area contributed by atoms with E-state index >= 15 is 0 Å². The molecule has 8 amide bonds. The van der Waals surface area contributed by atoms with E-state index in [4.69, 9.17) is 59.8 Å². The van der Waals surface area contributed by atoms with Crippen LogP contribution in [0.1, 0.15) is 134 Å². The lowest BCUT2D eigenvalue weighted by atomic mass is 10.1. The lowest BCUT2D eigenvalue weighted by Gasteiger charge is -2.17. The van der Waals surface area contributed by atoms with Gasteiger partial charge in [0.25, 0.3) is 0 Å². The highest BCUT2D eigenvalue weighted by molar-refractivity contribution is 7.80. The molecule has 0 aliphatic carbocycles. The number of amides is 8. The van der Waals surface area contributed by atoms with Gasteiger partial charge in [-0.3, -0.25) is 38.4 Å². The second-order valence-electron chi connectivity index (χ2n) is 21.2. The van der Waals surface area contributed by atoms with Crippen LogP contribution in [0.5, 0.6) is 17.2 Å². The van der Waals surface area contributed by atoms with Crippen LogP contribution >= 0.6 is 12.6 Å². The molecule has 2 atom stereocenters. The molecule has 516 valence electrons. The van der Waals surface area contributed by atoms with Gasteiger partial charge in [0.15, 0.2) is 11.5 Å². The highest BCUT2D eigenvalue weighted by Crippen LogP contribution is 2.39. The Labute approximate surface area is 541 Å². The largest absolute Gasteiger partial charge is 0.493 e. The molecule has 0 saturated carbocycles. The lowest BCUT2D eigenvalue weighted by molar-refractivity contribution is -0.131. The molecule has 91 heavy (non-hydrogen) atoms. The standard InChI is InChI=1S/C61H104N12O17S/c1-4-5-6-7-8-9-10-11-12-13-14-20-52(75)69-40-53(76)72-48(44-91)60(81)68-25-29-86-31-34-88-42-55(78)66-23-27-84-30-33-87-41-54(77)67-24-28-85-32-35-89-43-56(79)71-47(59(63)80)19-15-17-22-65-51(74)21-16-18-26-90-57-49(82-2)37-45(38-50(57)83-3)36-46-39-70-61(64)73-58(46)62/h37-39,47-48,91H,4-36,40-44H2,1-3H3,(H2,63,80)(H,65,74)(H,66,78)(H,67,77)(H,68,81)(H,69,75)(H,71,79)(H,72,76)(H4,62,64,70,73)/t47-,48-/m0/s1. The van der Waals surface area contributed by atoms with Crippen molar-refractivity contribution < 1.29 is 81.0 Å². The van der Waals surface area contributed by atoms with Gasteiger partial charge < -0.3 is 97.1 Å². The number of carbonyl (C=O) groups excluding carboxylic acids is 8. The molecule has 0 radical (unpaired) electrons. The van der Waals surface area contributed by atoms with Crippen molar-refractivity contribution in [2.24, 2.45) is 5.73 Å². The number of ether oxygens (including phenoxy) is 9. The summed E-state index contributed by atoms with van der Waals surface area (Å²) in [5.74, 6) is -1.32. The molecule has 0 fully saturated rings. The summed E-state index contributed by atoms with van der Waals surface area (Å²) < 4.78 is 49.4. The van der Waals surface area contributed by atoms with E-state index in [0.717, 1.165) is 24.8 Å². The van der Waals surface area contributed by atoms with Crippen LogP contribution < -0.4 is 68.6 Å². The third-order valence-corrected chi connectivity index (χ3v) is 13.9. The summed E-state index contributed by atoms with van der Waals surface area (Å²) in [7, 11) is 3.06. The van der Waals surface area contributed by atoms with Crippen LogP contribution in [0, 0.1) is 0 Å². The number of benzene rings is 1. The van der Waals surface area contributed by atoms with Crippen molar-refractivity contribution in [2.75, 3.05) is 150 Å². The van der Waals surface area contributed by atoms with Crippen LogP contribution in [0.4, 0.5) is 11.8 Å². The summed E-state index contributed by atoms with van der Waals surface area (Å²) in [6.45, 7) is 4.11. The summed E-state index contributed by atoms with van der Waals surface area (Å²) in [6.07, 6.45) is 18.2. The number of methoxy groups -OCH3 is 2. The summed E-state index contributed by atoms with van der Waals surface area (Å²) in [4.78, 5) is 106. The highest BCUT2D eigenvalue weighted by Gasteiger charge is 2.21. The molecule has 0 aliphatic heterocycles. The molecule has 0 spiro atoms. The van der Waals surface area contributed by atoms with Crippen LogP contribution in [0.25, 0.3) is 0 Å². The van der Waals surface area contributed by atoms with Crippen molar-refractivity contribution >= 4 is 71.7 Å². The Hall–Kier alpha value is -6.83. The molecule has 1 heterocycles. The fraction of sp³-hybridized carbons (Fsp3) is 0.705. The molecule has 30 heteroatoms. The molecule has 0 aliphatic rings. The highest BCUT2D eigenvalue weighted by atomic mass is 32.1. The van der Waals surface area contributed by atoms with E-state index in [1.54, 1.807) is 6.20 Å². The fourth-order valence-electron chi connectivity index (χ4n) is 8.65. The zero-order chi connectivity index (χ0) is 66.5. The minimum Gasteiger partial charge on any atom is -0.493 e. The first kappa shape index (κ1) is 80.3. The van der Waals surface area contributed by atoms with Crippen molar-refractivity contribution in [1.82, 2.24) is 47.2 Å². The average molecular weight is 1310 g/mol. The first-order valence-corrected chi connectivity index (χ1v) is 32.3. The van der Waals surface area contributed by atoms with Crippen molar-refractivity contribution in [2.45, 2.75) is 141 Å². The van der Waals surface area contributed by atoms with E-state index in [0.29, 0.717) is 74.5 Å². The molecular formula is C61H104N12O17S. The molecule has 0 unspecified atom stereocenters. The van der Waals surface area contributed by atoms with Gasteiger partial charge in [0.1, 0.15) is 37.7 Å². The molecular weight excluding hydrogens is 1200 g/mol. The van der Waals surface area contributed by atoms with Crippen LogP contribution in [0.3, 0.4) is 0 Å². The minimum absolute atomic E-state index is 0.0672. The zero-order valence-corrected chi connectivity index (χ0v) is 54.7. The second-order valence-corrected chi connectivity index (χ2v) is 21.5. The molecule has 1 aromatic carbocycles.